The van der Waals surface area contributed by atoms with E-state index in [1.807, 2.05) is 32.8 Å². The Morgan fingerprint density at radius 3 is 2.52 bits per heavy atom. The number of carbonyl (C=O) groups is 2. The Hall–Kier alpha value is -2.37. The van der Waals surface area contributed by atoms with Crippen LogP contribution < -0.4 is 9.46 Å². The van der Waals surface area contributed by atoms with Crippen molar-refractivity contribution in [3.63, 3.8) is 0 Å². The summed E-state index contributed by atoms with van der Waals surface area (Å²) in [5.74, 6) is -0.0614. The highest BCUT2D eigenvalue weighted by Crippen LogP contribution is 2.27. The van der Waals surface area contributed by atoms with Crippen LogP contribution in [-0.4, -0.2) is 108 Å². The van der Waals surface area contributed by atoms with Gasteiger partial charge in [-0.05, 0) is 39.2 Å². The molecule has 1 aliphatic heterocycles. The Balaban J connectivity index is 2.47. The highest BCUT2D eigenvalue weighted by atomic mass is 32.2. The summed E-state index contributed by atoms with van der Waals surface area (Å²) < 4.78 is 37.4. The fraction of sp³-hybridized carbons (Fsp3) is 0.636. The zero-order valence-electron chi connectivity index (χ0n) is 20.5. The molecule has 186 valence electrons. The Kier molecular flexibility index (Phi) is 9.10. The lowest BCUT2D eigenvalue weighted by Crippen LogP contribution is -2.50. The summed E-state index contributed by atoms with van der Waals surface area (Å²) >= 11 is 0. The molecular formula is C22H36N4O6S. The summed E-state index contributed by atoms with van der Waals surface area (Å²) in [5.41, 5.74) is 0.494. The predicted molar refractivity (Wildman–Crippen MR) is 127 cm³/mol. The SMILES string of the molecule is CO[C@@H]1CN(C)C(=O)c2cc(NS(C)(=O)=O)ccc2OC[C@H](C)N(C(=O)CN(C)C)C[C@@H]1C. The monoisotopic (exact) mass is 484 g/mol. The van der Waals surface area contributed by atoms with E-state index in [4.69, 9.17) is 9.47 Å². The van der Waals surface area contributed by atoms with Crippen LogP contribution in [0.1, 0.15) is 24.2 Å². The van der Waals surface area contributed by atoms with Gasteiger partial charge >= 0.3 is 0 Å². The first-order valence-electron chi connectivity index (χ1n) is 10.8. The number of fused-ring (bicyclic) bond motifs is 1. The van der Waals surface area contributed by atoms with Crippen LogP contribution in [0.3, 0.4) is 0 Å². The zero-order valence-corrected chi connectivity index (χ0v) is 21.3. The molecule has 33 heavy (non-hydrogen) atoms. The van der Waals surface area contributed by atoms with E-state index in [1.54, 1.807) is 31.2 Å². The minimum Gasteiger partial charge on any atom is -0.491 e. The van der Waals surface area contributed by atoms with Crippen molar-refractivity contribution in [3.8, 4) is 5.75 Å². The molecule has 1 N–H and O–H groups in total. The quantitative estimate of drug-likeness (QED) is 0.663. The van der Waals surface area contributed by atoms with Crippen molar-refractivity contribution >= 4 is 27.5 Å². The van der Waals surface area contributed by atoms with Gasteiger partial charge in [0, 0.05) is 38.9 Å². The second-order valence-corrected chi connectivity index (χ2v) is 10.7. The van der Waals surface area contributed by atoms with Gasteiger partial charge in [-0.3, -0.25) is 14.3 Å². The van der Waals surface area contributed by atoms with Gasteiger partial charge in [0.05, 0.1) is 30.5 Å². The fourth-order valence-corrected chi connectivity index (χ4v) is 4.32. The molecule has 10 nitrogen and oxygen atoms in total. The number of carbonyl (C=O) groups excluding carboxylic acids is 2. The van der Waals surface area contributed by atoms with Crippen LogP contribution in [-0.2, 0) is 19.6 Å². The average molecular weight is 485 g/mol. The normalized spacial score (nSPS) is 22.8. The summed E-state index contributed by atoms with van der Waals surface area (Å²) in [5, 5.41) is 0. The number of ether oxygens (including phenoxy) is 2. The molecule has 0 fully saturated rings. The summed E-state index contributed by atoms with van der Waals surface area (Å²) in [4.78, 5) is 31.4. The standard InChI is InChI=1S/C22H36N4O6S/c1-15-11-26(21(27)13-24(3)4)16(2)14-32-19-9-8-17(23-33(7,29)30)10-18(19)22(28)25(5)12-20(15)31-6/h8-10,15-16,20,23H,11-14H2,1-7H3/t15-,16-,20+/m0/s1. The van der Waals surface area contributed by atoms with Crippen molar-refractivity contribution in [2.75, 3.05) is 65.5 Å². The number of nitrogens with zero attached hydrogens (tertiary/aromatic N) is 3. The first-order chi connectivity index (χ1) is 15.3. The van der Waals surface area contributed by atoms with E-state index in [-0.39, 0.29) is 54.3 Å². The smallest absolute Gasteiger partial charge is 0.257 e. The van der Waals surface area contributed by atoms with Crippen LogP contribution >= 0.6 is 0 Å². The molecule has 3 atom stereocenters. The van der Waals surface area contributed by atoms with E-state index in [1.165, 1.54) is 11.0 Å². The first kappa shape index (κ1) is 26.9. The molecule has 11 heteroatoms. The molecule has 0 aromatic heterocycles. The second-order valence-electron chi connectivity index (χ2n) is 8.97. The first-order valence-corrected chi connectivity index (χ1v) is 12.7. The minimum absolute atomic E-state index is 0.0211. The number of amides is 2. The molecule has 0 spiro atoms. The molecule has 0 bridgehead atoms. The van der Waals surface area contributed by atoms with Gasteiger partial charge in [0.2, 0.25) is 15.9 Å². The maximum atomic E-state index is 13.3. The van der Waals surface area contributed by atoms with Crippen LogP contribution in [0.5, 0.6) is 5.75 Å². The molecule has 2 rings (SSSR count). The number of methoxy groups -OCH3 is 1. The number of hydrogen-bond acceptors (Lipinski definition) is 7. The Morgan fingerprint density at radius 1 is 1.27 bits per heavy atom. The van der Waals surface area contributed by atoms with Crippen molar-refractivity contribution in [3.05, 3.63) is 23.8 Å². The number of hydrogen-bond donors (Lipinski definition) is 1. The number of sulfonamides is 1. The Bertz CT molecular complexity index is 952. The highest BCUT2D eigenvalue weighted by Gasteiger charge is 2.30. The molecule has 0 unspecified atom stereocenters. The molecule has 0 saturated heterocycles. The van der Waals surface area contributed by atoms with Crippen molar-refractivity contribution in [1.82, 2.24) is 14.7 Å². The number of likely N-dealkylation sites (N-methyl/N-ethyl adjacent to an activating group) is 2. The van der Waals surface area contributed by atoms with Crippen molar-refractivity contribution in [2.24, 2.45) is 5.92 Å². The second kappa shape index (κ2) is 11.2. The average Bonchev–Trinajstić information content (AvgIpc) is 2.71. The summed E-state index contributed by atoms with van der Waals surface area (Å²) in [7, 11) is 3.42. The van der Waals surface area contributed by atoms with Gasteiger partial charge in [-0.25, -0.2) is 8.42 Å². The lowest BCUT2D eigenvalue weighted by Gasteiger charge is -2.36. The Morgan fingerprint density at radius 2 is 1.94 bits per heavy atom. The van der Waals surface area contributed by atoms with Gasteiger partial charge < -0.3 is 24.2 Å². The van der Waals surface area contributed by atoms with Crippen LogP contribution in [0.25, 0.3) is 0 Å². The Labute approximate surface area is 196 Å². The van der Waals surface area contributed by atoms with Crippen molar-refractivity contribution in [2.45, 2.75) is 26.0 Å². The molecule has 2 amide bonds. The van der Waals surface area contributed by atoms with E-state index in [9.17, 15) is 18.0 Å². The van der Waals surface area contributed by atoms with Crippen molar-refractivity contribution in [1.29, 1.82) is 0 Å². The van der Waals surface area contributed by atoms with Gasteiger partial charge in [0.25, 0.3) is 5.91 Å². The summed E-state index contributed by atoms with van der Waals surface area (Å²) in [6.45, 7) is 5.09. The molecule has 1 aromatic rings. The van der Waals surface area contributed by atoms with E-state index in [0.29, 0.717) is 18.8 Å². The maximum absolute atomic E-state index is 13.3. The lowest BCUT2D eigenvalue weighted by atomic mass is 10.0. The van der Waals surface area contributed by atoms with Crippen molar-refractivity contribution < 1.29 is 27.5 Å². The lowest BCUT2D eigenvalue weighted by molar-refractivity contribution is -0.136. The number of benzene rings is 1. The summed E-state index contributed by atoms with van der Waals surface area (Å²) in [6.07, 6.45) is 0.740. The zero-order chi connectivity index (χ0) is 24.9. The molecule has 0 saturated carbocycles. The topological polar surface area (TPSA) is 108 Å². The van der Waals surface area contributed by atoms with E-state index < -0.39 is 10.0 Å². The largest absolute Gasteiger partial charge is 0.491 e. The van der Waals surface area contributed by atoms with Gasteiger partial charge in [0.1, 0.15) is 12.4 Å². The van der Waals surface area contributed by atoms with Crippen LogP contribution in [0.15, 0.2) is 18.2 Å². The number of anilines is 1. The van der Waals surface area contributed by atoms with Gasteiger partial charge in [-0.2, -0.15) is 0 Å². The van der Waals surface area contributed by atoms with E-state index in [2.05, 4.69) is 4.72 Å². The minimum atomic E-state index is -3.51. The molecule has 0 radical (unpaired) electrons. The van der Waals surface area contributed by atoms with E-state index >= 15 is 0 Å². The van der Waals surface area contributed by atoms with Crippen LogP contribution in [0.2, 0.25) is 0 Å². The molecule has 1 heterocycles. The van der Waals surface area contributed by atoms with Gasteiger partial charge in [-0.15, -0.1) is 0 Å². The number of rotatable bonds is 5. The van der Waals surface area contributed by atoms with Crippen LogP contribution in [0, 0.1) is 5.92 Å². The summed E-state index contributed by atoms with van der Waals surface area (Å²) in [6, 6.07) is 4.31. The van der Waals surface area contributed by atoms with Gasteiger partial charge in [-0.1, -0.05) is 6.92 Å². The van der Waals surface area contributed by atoms with Crippen LogP contribution in [0.4, 0.5) is 5.69 Å². The molecule has 0 aliphatic carbocycles. The predicted octanol–water partition coefficient (Wildman–Crippen LogP) is 0.952. The van der Waals surface area contributed by atoms with E-state index in [0.717, 1.165) is 6.26 Å². The molecular weight excluding hydrogens is 448 g/mol. The van der Waals surface area contributed by atoms with Gasteiger partial charge in [0.15, 0.2) is 0 Å². The third-order valence-corrected chi connectivity index (χ3v) is 6.13. The molecule has 1 aromatic carbocycles. The molecule has 1 aliphatic rings. The number of nitrogens with one attached hydrogen (secondary N) is 1. The third kappa shape index (κ3) is 7.58. The maximum Gasteiger partial charge on any atom is 0.257 e. The highest BCUT2D eigenvalue weighted by molar-refractivity contribution is 7.92. The third-order valence-electron chi connectivity index (χ3n) is 5.52. The fourth-order valence-electron chi connectivity index (χ4n) is 3.76.